The van der Waals surface area contributed by atoms with E-state index >= 15 is 0 Å². The van der Waals surface area contributed by atoms with Gasteiger partial charge < -0.3 is 0 Å². The molecular weight excluding hydrogens is 438 g/mol. The van der Waals surface area contributed by atoms with Gasteiger partial charge in [-0.25, -0.2) is 26.0 Å². The highest BCUT2D eigenvalue weighted by Gasteiger charge is 2.29. The largest absolute Gasteiger partial charge is 0.293 e. The van der Waals surface area contributed by atoms with E-state index < -0.39 is 44.9 Å². The highest BCUT2D eigenvalue weighted by Crippen LogP contribution is 2.27. The summed E-state index contributed by atoms with van der Waals surface area (Å²) in [6, 6.07) is 4.99. The Hall–Kier alpha value is -2.66. The van der Waals surface area contributed by atoms with Gasteiger partial charge in [-0.05, 0) is 31.0 Å². The molecule has 2 aromatic rings. The molecular formula is C20H21F4N3O3S. The first-order valence-corrected chi connectivity index (χ1v) is 11.0. The van der Waals surface area contributed by atoms with E-state index in [0.717, 1.165) is 38.2 Å². The zero-order valence-electron chi connectivity index (χ0n) is 16.6. The van der Waals surface area contributed by atoms with Crippen LogP contribution in [0.1, 0.15) is 42.5 Å². The third-order valence-electron chi connectivity index (χ3n) is 5.27. The monoisotopic (exact) mass is 459 g/mol. The number of carbonyl (C=O) groups is 1. The van der Waals surface area contributed by atoms with E-state index in [4.69, 9.17) is 0 Å². The van der Waals surface area contributed by atoms with Crippen LogP contribution in [-0.2, 0) is 10.0 Å². The van der Waals surface area contributed by atoms with E-state index in [2.05, 4.69) is 0 Å². The lowest BCUT2D eigenvalue weighted by Crippen LogP contribution is -2.38. The second-order valence-corrected chi connectivity index (χ2v) is 9.26. The molecule has 0 atom stereocenters. The number of nitrogens with zero attached hydrogens (tertiary/aromatic N) is 1. The Labute approximate surface area is 177 Å². The Morgan fingerprint density at radius 3 is 2.23 bits per heavy atom. The van der Waals surface area contributed by atoms with Crippen molar-refractivity contribution in [2.75, 3.05) is 12.5 Å². The van der Waals surface area contributed by atoms with E-state index in [1.165, 1.54) is 29.6 Å². The molecule has 0 heterocycles. The maximum Gasteiger partial charge on any atom is 0.269 e. The fourth-order valence-electron chi connectivity index (χ4n) is 3.48. The maximum atomic E-state index is 13.7. The number of rotatable bonds is 6. The summed E-state index contributed by atoms with van der Waals surface area (Å²) >= 11 is 0. The van der Waals surface area contributed by atoms with Crippen molar-refractivity contribution < 1.29 is 30.8 Å². The van der Waals surface area contributed by atoms with Crippen LogP contribution in [0.4, 0.5) is 23.2 Å². The summed E-state index contributed by atoms with van der Waals surface area (Å²) in [6.07, 6.45) is 4.44. The van der Waals surface area contributed by atoms with Crippen molar-refractivity contribution in [1.82, 2.24) is 9.73 Å². The fourth-order valence-corrected chi connectivity index (χ4v) is 4.94. The van der Waals surface area contributed by atoms with Gasteiger partial charge in [-0.15, -0.1) is 0 Å². The van der Waals surface area contributed by atoms with Crippen molar-refractivity contribution in [3.05, 3.63) is 59.2 Å². The molecule has 0 unspecified atom stereocenters. The van der Waals surface area contributed by atoms with Crippen LogP contribution in [0.25, 0.3) is 0 Å². The fraction of sp³-hybridized carbons (Fsp3) is 0.350. The molecule has 2 N–H and O–H groups in total. The zero-order valence-corrected chi connectivity index (χ0v) is 17.4. The summed E-state index contributed by atoms with van der Waals surface area (Å²) in [4.78, 5) is 12.2. The highest BCUT2D eigenvalue weighted by molar-refractivity contribution is 7.89. The molecule has 2 aromatic carbocycles. The van der Waals surface area contributed by atoms with E-state index in [9.17, 15) is 30.8 Å². The summed E-state index contributed by atoms with van der Waals surface area (Å²) in [6.45, 7) is 0. The van der Waals surface area contributed by atoms with Crippen molar-refractivity contribution in [2.45, 2.75) is 43.0 Å². The van der Waals surface area contributed by atoms with Crippen molar-refractivity contribution in [3.8, 4) is 0 Å². The van der Waals surface area contributed by atoms with Gasteiger partial charge in [0, 0.05) is 24.7 Å². The van der Waals surface area contributed by atoms with Crippen LogP contribution in [0, 0.1) is 23.3 Å². The number of hydrogen-bond acceptors (Lipinski definition) is 4. The predicted molar refractivity (Wildman–Crippen MR) is 106 cm³/mol. The van der Waals surface area contributed by atoms with Crippen LogP contribution in [-0.4, -0.2) is 31.7 Å². The van der Waals surface area contributed by atoms with Crippen molar-refractivity contribution in [3.63, 3.8) is 0 Å². The highest BCUT2D eigenvalue weighted by atomic mass is 32.2. The Morgan fingerprint density at radius 1 is 1.00 bits per heavy atom. The van der Waals surface area contributed by atoms with Gasteiger partial charge in [0.15, 0.2) is 23.3 Å². The second kappa shape index (κ2) is 9.23. The van der Waals surface area contributed by atoms with Crippen molar-refractivity contribution in [2.24, 2.45) is 0 Å². The lowest BCUT2D eigenvalue weighted by Gasteiger charge is -2.30. The van der Waals surface area contributed by atoms with E-state index in [1.54, 1.807) is 5.43 Å². The van der Waals surface area contributed by atoms with Crippen LogP contribution >= 0.6 is 0 Å². The first kappa shape index (κ1) is 23.0. The summed E-state index contributed by atoms with van der Waals surface area (Å²) < 4.78 is 81.1. The van der Waals surface area contributed by atoms with Crippen LogP contribution < -0.4 is 10.9 Å². The molecule has 1 amide bonds. The number of nitrogens with one attached hydrogen (secondary N) is 2. The SMILES string of the molecule is CN(C1CCCCC1)S(=O)(=O)c1cccc(C(=O)NNc2c(F)c(F)cc(F)c2F)c1. The normalized spacial score (nSPS) is 15.2. The number of amides is 1. The molecule has 11 heteroatoms. The van der Waals surface area contributed by atoms with Gasteiger partial charge in [0.1, 0.15) is 5.69 Å². The molecule has 1 aliphatic rings. The quantitative estimate of drug-likeness (QED) is 0.390. The molecule has 1 saturated carbocycles. The molecule has 3 rings (SSSR count). The number of hydrogen-bond donors (Lipinski definition) is 2. The van der Waals surface area contributed by atoms with Crippen LogP contribution in [0.15, 0.2) is 35.2 Å². The van der Waals surface area contributed by atoms with Gasteiger partial charge in [0.25, 0.3) is 5.91 Å². The molecule has 1 aliphatic carbocycles. The first-order valence-electron chi connectivity index (χ1n) is 9.60. The van der Waals surface area contributed by atoms with Gasteiger partial charge in [-0.2, -0.15) is 4.31 Å². The van der Waals surface area contributed by atoms with Gasteiger partial charge in [0.2, 0.25) is 10.0 Å². The Balaban J connectivity index is 1.78. The molecule has 168 valence electrons. The Bertz CT molecular complexity index is 1060. The zero-order chi connectivity index (χ0) is 22.8. The number of halogens is 4. The predicted octanol–water partition coefficient (Wildman–Crippen LogP) is 3.95. The topological polar surface area (TPSA) is 78.5 Å². The van der Waals surface area contributed by atoms with Crippen LogP contribution in [0.5, 0.6) is 0 Å². The van der Waals surface area contributed by atoms with Gasteiger partial charge in [-0.1, -0.05) is 25.3 Å². The standard InChI is InChI=1S/C20H21F4N3O3S/c1-27(13-7-3-2-4-8-13)31(29,30)14-9-5-6-12(10-14)20(28)26-25-19-17(23)15(21)11-16(22)18(19)24/h5-6,9-11,13,25H,2-4,7-8H2,1H3,(H,26,28). The van der Waals surface area contributed by atoms with Crippen molar-refractivity contribution in [1.29, 1.82) is 0 Å². The molecule has 0 saturated heterocycles. The van der Waals surface area contributed by atoms with Gasteiger partial charge >= 0.3 is 0 Å². The number of sulfonamides is 1. The molecule has 0 radical (unpaired) electrons. The third-order valence-corrected chi connectivity index (χ3v) is 7.18. The van der Waals surface area contributed by atoms with Crippen LogP contribution in [0.3, 0.4) is 0 Å². The number of hydrazine groups is 1. The Kier molecular flexibility index (Phi) is 6.85. The third kappa shape index (κ3) is 4.82. The van der Waals surface area contributed by atoms with E-state index in [-0.39, 0.29) is 22.6 Å². The summed E-state index contributed by atoms with van der Waals surface area (Å²) in [5.74, 6) is -7.68. The lowest BCUT2D eigenvalue weighted by atomic mass is 9.96. The van der Waals surface area contributed by atoms with E-state index in [0.29, 0.717) is 0 Å². The first-order chi connectivity index (χ1) is 14.6. The van der Waals surface area contributed by atoms with Crippen molar-refractivity contribution >= 4 is 21.6 Å². The molecule has 0 aromatic heterocycles. The minimum atomic E-state index is -3.87. The Morgan fingerprint density at radius 2 is 1.61 bits per heavy atom. The van der Waals surface area contributed by atoms with Gasteiger partial charge in [0.05, 0.1) is 4.90 Å². The summed E-state index contributed by atoms with van der Waals surface area (Å²) in [5, 5.41) is 0. The number of carbonyl (C=O) groups excluding carboxylic acids is 1. The average Bonchev–Trinajstić information content (AvgIpc) is 2.77. The van der Waals surface area contributed by atoms with E-state index in [1.807, 2.05) is 5.43 Å². The summed E-state index contributed by atoms with van der Waals surface area (Å²) in [5.41, 5.74) is 2.36. The second-order valence-electron chi connectivity index (χ2n) is 7.26. The maximum absolute atomic E-state index is 13.7. The molecule has 31 heavy (non-hydrogen) atoms. The minimum Gasteiger partial charge on any atom is -0.293 e. The van der Waals surface area contributed by atoms with Gasteiger partial charge in [-0.3, -0.25) is 15.6 Å². The molecule has 1 fully saturated rings. The minimum absolute atomic E-state index is 0.0365. The molecule has 6 nitrogen and oxygen atoms in total. The number of benzene rings is 2. The molecule has 0 spiro atoms. The molecule has 0 bridgehead atoms. The molecule has 0 aliphatic heterocycles. The lowest BCUT2D eigenvalue weighted by molar-refractivity contribution is 0.0962. The summed E-state index contributed by atoms with van der Waals surface area (Å²) in [7, 11) is -2.38. The smallest absolute Gasteiger partial charge is 0.269 e. The average molecular weight is 459 g/mol. The van der Waals surface area contributed by atoms with Crippen LogP contribution in [0.2, 0.25) is 0 Å². The number of anilines is 1.